The van der Waals surface area contributed by atoms with Gasteiger partial charge in [-0.25, -0.2) is 0 Å². The second-order valence-corrected chi connectivity index (χ2v) is 5.76. The highest BCUT2D eigenvalue weighted by atomic mass is 79.9. The minimum absolute atomic E-state index is 0.573. The number of rotatable bonds is 5. The maximum atomic E-state index is 9.13. The van der Waals surface area contributed by atoms with Gasteiger partial charge in [0.15, 0.2) is 0 Å². The Kier molecular flexibility index (Phi) is 5.38. The van der Waals surface area contributed by atoms with E-state index >= 15 is 0 Å². The van der Waals surface area contributed by atoms with Gasteiger partial charge in [0.2, 0.25) is 0 Å². The molecule has 0 unspecified atom stereocenters. The van der Waals surface area contributed by atoms with E-state index in [-0.39, 0.29) is 0 Å². The maximum absolute atomic E-state index is 9.13. The van der Waals surface area contributed by atoms with Crippen molar-refractivity contribution in [3.05, 3.63) is 63.6 Å². The monoisotopic (exact) mass is 344 g/mol. The first-order valence-electron chi connectivity index (χ1n) is 6.63. The number of hydrogen-bond donors (Lipinski definition) is 0. The van der Waals surface area contributed by atoms with Crippen LogP contribution >= 0.6 is 15.9 Å². The second-order valence-electron chi connectivity index (χ2n) is 4.91. The molecule has 3 nitrogen and oxygen atoms in total. The van der Waals surface area contributed by atoms with E-state index in [4.69, 9.17) is 10.00 Å². The summed E-state index contributed by atoms with van der Waals surface area (Å²) in [5.74, 6) is 0.620. The summed E-state index contributed by atoms with van der Waals surface area (Å²) in [5.41, 5.74) is 2.92. The SMILES string of the molecule is COc1ccc(CN(C)Cc2ccccc2Br)cc1C#N. The molecule has 0 saturated heterocycles. The quantitative estimate of drug-likeness (QED) is 0.823. The van der Waals surface area contributed by atoms with Gasteiger partial charge in [0.05, 0.1) is 12.7 Å². The highest BCUT2D eigenvalue weighted by Gasteiger charge is 2.07. The number of ether oxygens (including phenoxy) is 1. The lowest BCUT2D eigenvalue weighted by atomic mass is 10.1. The van der Waals surface area contributed by atoms with Gasteiger partial charge in [-0.05, 0) is 36.4 Å². The first-order valence-corrected chi connectivity index (χ1v) is 7.42. The Hall–Kier alpha value is -1.83. The van der Waals surface area contributed by atoms with E-state index in [0.29, 0.717) is 11.3 Å². The van der Waals surface area contributed by atoms with E-state index in [0.717, 1.165) is 23.1 Å². The number of methoxy groups -OCH3 is 1. The topological polar surface area (TPSA) is 36.3 Å². The Balaban J connectivity index is 2.08. The van der Waals surface area contributed by atoms with Gasteiger partial charge < -0.3 is 4.74 Å². The molecule has 108 valence electrons. The van der Waals surface area contributed by atoms with Gasteiger partial charge >= 0.3 is 0 Å². The Morgan fingerprint density at radius 2 is 1.95 bits per heavy atom. The fourth-order valence-electron chi connectivity index (χ4n) is 2.23. The predicted octanol–water partition coefficient (Wildman–Crippen LogP) is 3.96. The zero-order valence-corrected chi connectivity index (χ0v) is 13.7. The van der Waals surface area contributed by atoms with Gasteiger partial charge in [0.25, 0.3) is 0 Å². The van der Waals surface area contributed by atoms with E-state index in [1.165, 1.54) is 5.56 Å². The van der Waals surface area contributed by atoms with Crippen molar-refractivity contribution in [3.63, 3.8) is 0 Å². The molecular weight excluding hydrogens is 328 g/mol. The minimum atomic E-state index is 0.573. The molecule has 0 aliphatic rings. The predicted molar refractivity (Wildman–Crippen MR) is 87.0 cm³/mol. The van der Waals surface area contributed by atoms with Crippen molar-refractivity contribution in [1.82, 2.24) is 4.90 Å². The molecule has 0 aromatic heterocycles. The fourth-order valence-corrected chi connectivity index (χ4v) is 2.64. The highest BCUT2D eigenvalue weighted by molar-refractivity contribution is 9.10. The first kappa shape index (κ1) is 15.6. The van der Waals surface area contributed by atoms with Gasteiger partial charge in [-0.2, -0.15) is 5.26 Å². The summed E-state index contributed by atoms with van der Waals surface area (Å²) < 4.78 is 6.28. The van der Waals surface area contributed by atoms with E-state index in [2.05, 4.69) is 40.0 Å². The largest absolute Gasteiger partial charge is 0.495 e. The summed E-state index contributed by atoms with van der Waals surface area (Å²) in [6.07, 6.45) is 0. The molecule has 2 rings (SSSR count). The third-order valence-electron chi connectivity index (χ3n) is 3.23. The molecule has 2 aromatic rings. The van der Waals surface area contributed by atoms with Crippen molar-refractivity contribution in [3.8, 4) is 11.8 Å². The average Bonchev–Trinajstić information content (AvgIpc) is 2.49. The van der Waals surface area contributed by atoms with Crippen LogP contribution in [0.3, 0.4) is 0 Å². The van der Waals surface area contributed by atoms with Crippen molar-refractivity contribution in [2.24, 2.45) is 0 Å². The molecule has 0 aliphatic carbocycles. The molecule has 0 heterocycles. The van der Waals surface area contributed by atoms with Gasteiger partial charge in [-0.1, -0.05) is 40.2 Å². The summed E-state index contributed by atoms with van der Waals surface area (Å²) >= 11 is 3.57. The van der Waals surface area contributed by atoms with E-state index in [9.17, 15) is 0 Å². The van der Waals surface area contributed by atoms with Crippen LogP contribution in [0, 0.1) is 11.3 Å². The van der Waals surface area contributed by atoms with Crippen LogP contribution < -0.4 is 4.74 Å². The zero-order valence-electron chi connectivity index (χ0n) is 12.1. The number of hydrogen-bond acceptors (Lipinski definition) is 3. The van der Waals surface area contributed by atoms with Crippen LogP contribution in [0.2, 0.25) is 0 Å². The lowest BCUT2D eigenvalue weighted by Gasteiger charge is -2.18. The van der Waals surface area contributed by atoms with Crippen LogP contribution in [0.5, 0.6) is 5.75 Å². The number of halogens is 1. The Bertz CT molecular complexity index is 664. The third kappa shape index (κ3) is 4.07. The highest BCUT2D eigenvalue weighted by Crippen LogP contribution is 2.21. The number of benzene rings is 2. The maximum Gasteiger partial charge on any atom is 0.136 e. The first-order chi connectivity index (χ1) is 10.1. The molecule has 21 heavy (non-hydrogen) atoms. The second kappa shape index (κ2) is 7.26. The summed E-state index contributed by atoms with van der Waals surface area (Å²) in [4.78, 5) is 2.21. The Labute approximate surface area is 133 Å². The van der Waals surface area contributed by atoms with Crippen LogP contribution in [0.1, 0.15) is 16.7 Å². The minimum Gasteiger partial charge on any atom is -0.495 e. The lowest BCUT2D eigenvalue weighted by molar-refractivity contribution is 0.318. The molecule has 0 atom stereocenters. The molecule has 0 aliphatic heterocycles. The van der Waals surface area contributed by atoms with Crippen molar-refractivity contribution in [1.29, 1.82) is 5.26 Å². The average molecular weight is 345 g/mol. The normalized spacial score (nSPS) is 10.4. The van der Waals surface area contributed by atoms with E-state index in [1.807, 2.05) is 36.4 Å². The number of nitriles is 1. The van der Waals surface area contributed by atoms with Gasteiger partial charge in [-0.15, -0.1) is 0 Å². The molecular formula is C17H17BrN2O. The number of nitrogens with zero attached hydrogens (tertiary/aromatic N) is 2. The van der Waals surface area contributed by atoms with Crippen molar-refractivity contribution in [2.75, 3.05) is 14.2 Å². The summed E-state index contributed by atoms with van der Waals surface area (Å²) in [6, 6.07) is 16.1. The summed E-state index contributed by atoms with van der Waals surface area (Å²) in [7, 11) is 3.64. The fraction of sp³-hybridized carbons (Fsp3) is 0.235. The van der Waals surface area contributed by atoms with Crippen LogP contribution in [-0.4, -0.2) is 19.1 Å². The molecule has 2 aromatic carbocycles. The summed E-state index contributed by atoms with van der Waals surface area (Å²) in [6.45, 7) is 1.62. The smallest absolute Gasteiger partial charge is 0.136 e. The van der Waals surface area contributed by atoms with Gasteiger partial charge in [0.1, 0.15) is 11.8 Å². The van der Waals surface area contributed by atoms with Crippen LogP contribution in [0.15, 0.2) is 46.9 Å². The third-order valence-corrected chi connectivity index (χ3v) is 4.01. The molecule has 0 N–H and O–H groups in total. The molecule has 0 fully saturated rings. The molecule has 4 heteroatoms. The summed E-state index contributed by atoms with van der Waals surface area (Å²) in [5, 5.41) is 9.13. The molecule has 0 amide bonds. The Morgan fingerprint density at radius 1 is 1.19 bits per heavy atom. The van der Waals surface area contributed by atoms with Gasteiger partial charge in [0, 0.05) is 17.6 Å². The molecule has 0 saturated carbocycles. The van der Waals surface area contributed by atoms with Crippen molar-refractivity contribution in [2.45, 2.75) is 13.1 Å². The van der Waals surface area contributed by atoms with Crippen LogP contribution in [0.4, 0.5) is 0 Å². The van der Waals surface area contributed by atoms with Crippen molar-refractivity contribution < 1.29 is 4.74 Å². The zero-order chi connectivity index (χ0) is 15.2. The Morgan fingerprint density at radius 3 is 2.62 bits per heavy atom. The molecule has 0 spiro atoms. The van der Waals surface area contributed by atoms with E-state index < -0.39 is 0 Å². The van der Waals surface area contributed by atoms with Crippen LogP contribution in [-0.2, 0) is 13.1 Å². The lowest BCUT2D eigenvalue weighted by Crippen LogP contribution is -2.17. The van der Waals surface area contributed by atoms with Gasteiger partial charge in [-0.3, -0.25) is 4.90 Å². The standard InChI is InChI=1S/C17H17BrN2O/c1-20(12-14-5-3-4-6-16(14)18)11-13-7-8-17(21-2)15(9-13)10-19/h3-9H,11-12H2,1-2H3. The van der Waals surface area contributed by atoms with Crippen LogP contribution in [0.25, 0.3) is 0 Å². The van der Waals surface area contributed by atoms with E-state index in [1.54, 1.807) is 7.11 Å². The molecule has 0 radical (unpaired) electrons. The molecule has 0 bridgehead atoms. The van der Waals surface area contributed by atoms with Crippen molar-refractivity contribution >= 4 is 15.9 Å².